The number of hydrogen-bond donors (Lipinski definition) is 2. The molecule has 1 aliphatic rings. The monoisotopic (exact) mass is 481 g/mol. The molecule has 4 rings (SSSR count). The van der Waals surface area contributed by atoms with Crippen molar-refractivity contribution in [1.82, 2.24) is 15.2 Å². The van der Waals surface area contributed by atoms with Gasteiger partial charge in [-0.05, 0) is 55.2 Å². The first-order valence-electron chi connectivity index (χ1n) is 11.7. The maximum absolute atomic E-state index is 13.7. The van der Waals surface area contributed by atoms with Crippen LogP contribution >= 0.6 is 0 Å². The van der Waals surface area contributed by atoms with Crippen LogP contribution in [0.4, 0.5) is 8.78 Å². The van der Waals surface area contributed by atoms with Crippen LogP contribution in [0.15, 0.2) is 65.5 Å². The van der Waals surface area contributed by atoms with Gasteiger partial charge in [-0.15, -0.1) is 0 Å². The van der Waals surface area contributed by atoms with Crippen molar-refractivity contribution in [2.24, 2.45) is 0 Å². The highest BCUT2D eigenvalue weighted by molar-refractivity contribution is 5.66. The molecule has 0 saturated carbocycles. The molecule has 0 spiro atoms. The van der Waals surface area contributed by atoms with Crippen LogP contribution in [0.3, 0.4) is 0 Å². The molecule has 8 heteroatoms. The van der Waals surface area contributed by atoms with Crippen molar-refractivity contribution in [3.05, 3.63) is 95.5 Å². The summed E-state index contributed by atoms with van der Waals surface area (Å²) in [4.78, 5) is 6.54. The Balaban J connectivity index is 1.18. The van der Waals surface area contributed by atoms with Crippen LogP contribution in [-0.4, -0.2) is 34.3 Å². The number of nitrogens with zero attached hydrogens (tertiary/aromatic N) is 2. The first-order valence-corrected chi connectivity index (χ1v) is 11.7. The Morgan fingerprint density at radius 2 is 1.97 bits per heavy atom. The van der Waals surface area contributed by atoms with Crippen LogP contribution in [0, 0.1) is 11.6 Å². The highest BCUT2D eigenvalue weighted by Gasteiger charge is 2.16. The number of halogens is 2. The largest absolute Gasteiger partial charge is 0.487 e. The number of benzene rings is 2. The van der Waals surface area contributed by atoms with E-state index in [-0.39, 0.29) is 24.9 Å². The van der Waals surface area contributed by atoms with Crippen LogP contribution in [-0.2, 0) is 13.0 Å². The maximum atomic E-state index is 13.7. The van der Waals surface area contributed by atoms with Crippen LogP contribution in [0.1, 0.15) is 42.0 Å². The lowest BCUT2D eigenvalue weighted by atomic mass is 10.1. The van der Waals surface area contributed by atoms with Gasteiger partial charge in [0.05, 0.1) is 0 Å². The Hall–Kier alpha value is -3.65. The Morgan fingerprint density at radius 3 is 2.77 bits per heavy atom. The first-order chi connectivity index (χ1) is 17.1. The Kier molecular flexibility index (Phi) is 8.51. The Morgan fingerprint density at radius 1 is 1.11 bits per heavy atom. The standard InChI is InChI=1S/C27H29F2N3O3/c28-22-8-6-21(25(29)17-22)7-11-27-31-23(19-35-27)18-34-24-9-4-20(5-10-24)3-1-2-14-32-15-13-30-26(32)12-16-33/h4-11,13,15,17,19,26,30,33H,1-3,12,14,16,18H2/b11-7+. The van der Waals surface area contributed by atoms with Gasteiger partial charge < -0.3 is 24.5 Å². The minimum absolute atomic E-state index is 0.178. The topological polar surface area (TPSA) is 70.8 Å². The normalized spacial score (nSPS) is 15.2. The molecule has 0 aliphatic carbocycles. The minimum atomic E-state index is -0.646. The number of aromatic nitrogens is 1. The van der Waals surface area contributed by atoms with Gasteiger partial charge in [-0.1, -0.05) is 12.1 Å². The van der Waals surface area contributed by atoms with Gasteiger partial charge in [0.15, 0.2) is 0 Å². The zero-order valence-corrected chi connectivity index (χ0v) is 19.4. The number of aliphatic hydroxyl groups is 1. The van der Waals surface area contributed by atoms with Crippen LogP contribution in [0.2, 0.25) is 0 Å². The lowest BCUT2D eigenvalue weighted by molar-refractivity contribution is 0.201. The summed E-state index contributed by atoms with van der Waals surface area (Å²) in [5.41, 5.74) is 2.11. The molecule has 0 bridgehead atoms. The van der Waals surface area contributed by atoms with E-state index in [4.69, 9.17) is 14.3 Å². The molecule has 3 aromatic rings. The highest BCUT2D eigenvalue weighted by Crippen LogP contribution is 2.18. The smallest absolute Gasteiger partial charge is 0.218 e. The third-order valence-electron chi connectivity index (χ3n) is 5.74. The summed E-state index contributed by atoms with van der Waals surface area (Å²) in [7, 11) is 0. The van der Waals surface area contributed by atoms with Gasteiger partial charge in [0.25, 0.3) is 0 Å². The molecule has 35 heavy (non-hydrogen) atoms. The van der Waals surface area contributed by atoms with Gasteiger partial charge in [0, 0.05) is 49.7 Å². The third kappa shape index (κ3) is 7.16. The van der Waals surface area contributed by atoms with Crippen molar-refractivity contribution in [3.63, 3.8) is 0 Å². The fourth-order valence-corrected chi connectivity index (χ4v) is 3.85. The predicted molar refractivity (Wildman–Crippen MR) is 130 cm³/mol. The molecule has 0 amide bonds. The van der Waals surface area contributed by atoms with Crippen LogP contribution in [0.5, 0.6) is 5.75 Å². The molecule has 2 aromatic carbocycles. The summed E-state index contributed by atoms with van der Waals surface area (Å²) in [5, 5.41) is 12.4. The van der Waals surface area contributed by atoms with Gasteiger partial charge in [0.2, 0.25) is 5.89 Å². The summed E-state index contributed by atoms with van der Waals surface area (Å²) < 4.78 is 37.9. The number of aryl methyl sites for hydroxylation is 1. The molecule has 0 saturated heterocycles. The van der Waals surface area contributed by atoms with Gasteiger partial charge in [-0.25, -0.2) is 13.8 Å². The van der Waals surface area contributed by atoms with E-state index < -0.39 is 11.6 Å². The molecule has 6 nitrogen and oxygen atoms in total. The summed E-state index contributed by atoms with van der Waals surface area (Å²) >= 11 is 0. The number of rotatable bonds is 12. The fraction of sp³-hybridized carbons (Fsp3) is 0.296. The molecule has 1 atom stereocenters. The maximum Gasteiger partial charge on any atom is 0.218 e. The molecular weight excluding hydrogens is 452 g/mol. The molecule has 2 N–H and O–H groups in total. The van der Waals surface area contributed by atoms with Gasteiger partial charge in [-0.3, -0.25) is 0 Å². The number of aliphatic hydroxyl groups excluding tert-OH is 1. The number of oxazole rings is 1. The lowest BCUT2D eigenvalue weighted by Gasteiger charge is -2.24. The highest BCUT2D eigenvalue weighted by atomic mass is 19.1. The van der Waals surface area contributed by atoms with Crippen LogP contribution in [0.25, 0.3) is 12.2 Å². The van der Waals surface area contributed by atoms with E-state index >= 15 is 0 Å². The minimum Gasteiger partial charge on any atom is -0.487 e. The average Bonchev–Trinajstić information content (AvgIpc) is 3.50. The molecule has 1 aromatic heterocycles. The van der Waals surface area contributed by atoms with Crippen molar-refractivity contribution in [2.45, 2.75) is 38.5 Å². The summed E-state index contributed by atoms with van der Waals surface area (Å²) in [5.74, 6) is -0.218. The first kappa shape index (κ1) is 24.5. The van der Waals surface area contributed by atoms with E-state index in [9.17, 15) is 8.78 Å². The molecule has 2 heterocycles. The van der Waals surface area contributed by atoms with Gasteiger partial charge >= 0.3 is 0 Å². The Labute approximate surface area is 203 Å². The van der Waals surface area contributed by atoms with Crippen molar-refractivity contribution in [2.75, 3.05) is 13.2 Å². The molecule has 0 radical (unpaired) electrons. The van der Waals surface area contributed by atoms with Gasteiger partial charge in [-0.2, -0.15) is 0 Å². The zero-order valence-electron chi connectivity index (χ0n) is 19.4. The second kappa shape index (κ2) is 12.2. The second-order valence-corrected chi connectivity index (χ2v) is 8.31. The lowest BCUT2D eigenvalue weighted by Crippen LogP contribution is -2.36. The van der Waals surface area contributed by atoms with Crippen LogP contribution < -0.4 is 10.1 Å². The van der Waals surface area contributed by atoms with Crippen molar-refractivity contribution < 1.29 is 23.0 Å². The number of nitrogens with one attached hydrogen (secondary N) is 1. The summed E-state index contributed by atoms with van der Waals surface area (Å²) in [6.45, 7) is 1.38. The average molecular weight is 482 g/mol. The molecule has 1 aliphatic heterocycles. The van der Waals surface area contributed by atoms with E-state index in [2.05, 4.69) is 27.3 Å². The van der Waals surface area contributed by atoms with E-state index in [0.29, 0.717) is 11.6 Å². The Bertz CT molecular complexity index is 1140. The van der Waals surface area contributed by atoms with E-state index in [1.54, 1.807) is 0 Å². The van der Waals surface area contributed by atoms with E-state index in [1.807, 2.05) is 24.5 Å². The van der Waals surface area contributed by atoms with E-state index in [0.717, 1.165) is 44.0 Å². The number of hydrogen-bond acceptors (Lipinski definition) is 6. The zero-order chi connectivity index (χ0) is 24.5. The molecule has 1 unspecified atom stereocenters. The van der Waals surface area contributed by atoms with Gasteiger partial charge in [0.1, 0.15) is 42.1 Å². The second-order valence-electron chi connectivity index (χ2n) is 8.31. The molecule has 184 valence electrons. The quantitative estimate of drug-likeness (QED) is 0.351. The molecular formula is C27H29F2N3O3. The van der Waals surface area contributed by atoms with Crippen molar-refractivity contribution >= 4 is 12.2 Å². The number of unbranched alkanes of at least 4 members (excludes halogenated alkanes) is 1. The summed E-state index contributed by atoms with van der Waals surface area (Å²) in [6.07, 6.45) is 12.5. The molecule has 0 fully saturated rings. The number of ether oxygens (including phenoxy) is 1. The summed E-state index contributed by atoms with van der Waals surface area (Å²) in [6, 6.07) is 11.4. The predicted octanol–water partition coefficient (Wildman–Crippen LogP) is 5.11. The fourth-order valence-electron chi connectivity index (χ4n) is 3.85. The van der Waals surface area contributed by atoms with Crippen molar-refractivity contribution in [1.29, 1.82) is 0 Å². The SMILES string of the molecule is OCCC1NC=CN1CCCCc1ccc(OCc2coc(/C=C/c3ccc(F)cc3F)n2)cc1. The van der Waals surface area contributed by atoms with Crippen molar-refractivity contribution in [3.8, 4) is 5.75 Å². The third-order valence-corrected chi connectivity index (χ3v) is 5.74. The van der Waals surface area contributed by atoms with E-state index in [1.165, 1.54) is 36.1 Å².